The van der Waals surface area contributed by atoms with E-state index in [0.29, 0.717) is 11.7 Å². The number of fused-ring (bicyclic) bond motifs is 2. The van der Waals surface area contributed by atoms with Crippen LogP contribution in [0.5, 0.6) is 0 Å². The van der Waals surface area contributed by atoms with Crippen molar-refractivity contribution < 1.29 is 9.32 Å². The normalized spacial score (nSPS) is 32.6. The van der Waals surface area contributed by atoms with Crippen LogP contribution in [0, 0.1) is 17.8 Å². The van der Waals surface area contributed by atoms with Crippen LogP contribution in [0.15, 0.2) is 16.8 Å². The quantitative estimate of drug-likeness (QED) is 0.872. The van der Waals surface area contributed by atoms with Gasteiger partial charge in [0.25, 0.3) is 5.91 Å². The summed E-state index contributed by atoms with van der Waals surface area (Å²) in [6.07, 6.45) is 6.88. The maximum Gasteiger partial charge on any atom is 0.290 e. The summed E-state index contributed by atoms with van der Waals surface area (Å²) in [5.41, 5.74) is 0. The molecule has 1 N–H and O–H groups in total. The Morgan fingerprint density at radius 1 is 1.53 bits per heavy atom. The van der Waals surface area contributed by atoms with E-state index in [9.17, 15) is 4.79 Å². The number of amides is 1. The lowest BCUT2D eigenvalue weighted by Crippen LogP contribution is -2.39. The summed E-state index contributed by atoms with van der Waals surface area (Å²) < 4.78 is 4.86. The molecule has 1 aromatic heterocycles. The van der Waals surface area contributed by atoms with Gasteiger partial charge in [0.15, 0.2) is 0 Å². The number of aromatic nitrogens is 1. The van der Waals surface area contributed by atoms with E-state index < -0.39 is 0 Å². The number of nitrogens with zero attached hydrogens (tertiary/aromatic N) is 1. The topological polar surface area (TPSA) is 55.1 Å². The van der Waals surface area contributed by atoms with Gasteiger partial charge in [0.05, 0.1) is 6.20 Å². The number of carbonyl (C=O) groups is 1. The van der Waals surface area contributed by atoms with Gasteiger partial charge < -0.3 is 9.84 Å². The van der Waals surface area contributed by atoms with Crippen molar-refractivity contribution in [2.75, 3.05) is 0 Å². The van der Waals surface area contributed by atoms with Crippen molar-refractivity contribution in [1.82, 2.24) is 10.5 Å². The fraction of sp³-hybridized carbons (Fsp3) is 0.692. The third-order valence-electron chi connectivity index (χ3n) is 4.46. The van der Waals surface area contributed by atoms with Crippen LogP contribution in [0.2, 0.25) is 0 Å². The molecule has 0 radical (unpaired) electrons. The first-order valence-corrected chi connectivity index (χ1v) is 6.45. The fourth-order valence-corrected chi connectivity index (χ4v) is 3.62. The van der Waals surface area contributed by atoms with Crippen LogP contribution in [0.4, 0.5) is 0 Å². The lowest BCUT2D eigenvalue weighted by Gasteiger charge is -2.28. The van der Waals surface area contributed by atoms with Crippen molar-refractivity contribution in [2.45, 2.75) is 38.6 Å². The molecule has 4 atom stereocenters. The highest BCUT2D eigenvalue weighted by Gasteiger charge is 2.42. The molecule has 0 aromatic carbocycles. The summed E-state index contributed by atoms with van der Waals surface area (Å²) in [6.45, 7) is 2.11. The Morgan fingerprint density at radius 3 is 3.00 bits per heavy atom. The lowest BCUT2D eigenvalue weighted by atomic mass is 9.84. The Balaban J connectivity index is 1.60. The van der Waals surface area contributed by atoms with E-state index in [4.69, 9.17) is 4.52 Å². The second kappa shape index (κ2) is 4.17. The molecule has 0 aliphatic heterocycles. The summed E-state index contributed by atoms with van der Waals surface area (Å²) in [5.74, 6) is 2.55. The number of carbonyl (C=O) groups excluding carboxylic acids is 1. The van der Waals surface area contributed by atoms with E-state index in [1.165, 1.54) is 31.9 Å². The number of hydrogen-bond acceptors (Lipinski definition) is 3. The Hall–Kier alpha value is -1.32. The first-order valence-electron chi connectivity index (χ1n) is 6.45. The third-order valence-corrected chi connectivity index (χ3v) is 4.46. The number of hydrogen-bond donors (Lipinski definition) is 1. The maximum atomic E-state index is 11.8. The highest BCUT2D eigenvalue weighted by atomic mass is 16.5. The van der Waals surface area contributed by atoms with Crippen molar-refractivity contribution in [3.05, 3.63) is 18.0 Å². The van der Waals surface area contributed by atoms with Gasteiger partial charge in [-0.15, -0.1) is 0 Å². The summed E-state index contributed by atoms with van der Waals surface area (Å²) in [6, 6.07) is 1.84. The van der Waals surface area contributed by atoms with Gasteiger partial charge in [-0.2, -0.15) is 0 Å². The standard InChI is InChI=1S/C13H18N2O2/c1-8(11-7-9-2-3-10(11)6-9)15-13(16)12-4-5-14-17-12/h4-5,8-11H,2-3,6-7H2,1H3,(H,15,16). The smallest absolute Gasteiger partial charge is 0.290 e. The molecule has 1 heterocycles. The molecule has 1 amide bonds. The molecule has 2 aliphatic carbocycles. The minimum absolute atomic E-state index is 0.141. The molecule has 2 fully saturated rings. The Bertz CT molecular complexity index is 402. The van der Waals surface area contributed by atoms with Crippen LogP contribution >= 0.6 is 0 Å². The van der Waals surface area contributed by atoms with Gasteiger partial charge in [0, 0.05) is 12.1 Å². The molecule has 3 rings (SSSR count). The van der Waals surface area contributed by atoms with Gasteiger partial charge in [0.1, 0.15) is 0 Å². The van der Waals surface area contributed by atoms with E-state index >= 15 is 0 Å². The van der Waals surface area contributed by atoms with E-state index in [2.05, 4.69) is 17.4 Å². The average Bonchev–Trinajstić information content (AvgIpc) is 3.05. The molecule has 2 aliphatic rings. The molecule has 1 aromatic rings. The average molecular weight is 234 g/mol. The molecule has 92 valence electrons. The molecular formula is C13H18N2O2. The van der Waals surface area contributed by atoms with Crippen molar-refractivity contribution >= 4 is 5.91 Å². The molecule has 4 heteroatoms. The van der Waals surface area contributed by atoms with Crippen LogP contribution in [0.25, 0.3) is 0 Å². The number of nitrogens with one attached hydrogen (secondary N) is 1. The second-order valence-corrected chi connectivity index (χ2v) is 5.48. The Kier molecular flexibility index (Phi) is 2.65. The molecule has 2 saturated carbocycles. The summed E-state index contributed by atoms with van der Waals surface area (Å²) in [4.78, 5) is 11.8. The van der Waals surface area contributed by atoms with Crippen LogP contribution in [0.3, 0.4) is 0 Å². The predicted octanol–water partition coefficient (Wildman–Crippen LogP) is 2.23. The molecule has 2 bridgehead atoms. The summed E-state index contributed by atoms with van der Waals surface area (Å²) in [7, 11) is 0. The minimum atomic E-state index is -0.141. The molecule has 4 nitrogen and oxygen atoms in total. The molecule has 17 heavy (non-hydrogen) atoms. The number of rotatable bonds is 3. The predicted molar refractivity (Wildman–Crippen MR) is 62.4 cm³/mol. The summed E-state index contributed by atoms with van der Waals surface area (Å²) in [5, 5.41) is 6.59. The summed E-state index contributed by atoms with van der Waals surface area (Å²) >= 11 is 0. The van der Waals surface area contributed by atoms with Gasteiger partial charge >= 0.3 is 0 Å². The van der Waals surface area contributed by atoms with Gasteiger partial charge in [-0.05, 0) is 43.9 Å². The zero-order valence-electron chi connectivity index (χ0n) is 10.1. The molecular weight excluding hydrogens is 216 g/mol. The monoisotopic (exact) mass is 234 g/mol. The van der Waals surface area contributed by atoms with Crippen LogP contribution in [-0.4, -0.2) is 17.1 Å². The van der Waals surface area contributed by atoms with Gasteiger partial charge in [-0.25, -0.2) is 0 Å². The van der Waals surface area contributed by atoms with Crippen molar-refractivity contribution in [3.63, 3.8) is 0 Å². The van der Waals surface area contributed by atoms with E-state index in [1.54, 1.807) is 6.07 Å². The van der Waals surface area contributed by atoms with Crippen molar-refractivity contribution in [2.24, 2.45) is 17.8 Å². The second-order valence-electron chi connectivity index (χ2n) is 5.48. The fourth-order valence-electron chi connectivity index (χ4n) is 3.62. The largest absolute Gasteiger partial charge is 0.351 e. The maximum absolute atomic E-state index is 11.8. The zero-order valence-corrected chi connectivity index (χ0v) is 10.1. The Morgan fingerprint density at radius 2 is 2.41 bits per heavy atom. The van der Waals surface area contributed by atoms with Crippen LogP contribution < -0.4 is 5.32 Å². The Labute approximate surface area is 101 Å². The van der Waals surface area contributed by atoms with Crippen LogP contribution in [0.1, 0.15) is 43.2 Å². The molecule has 0 saturated heterocycles. The van der Waals surface area contributed by atoms with Crippen molar-refractivity contribution in [3.8, 4) is 0 Å². The van der Waals surface area contributed by atoms with E-state index in [-0.39, 0.29) is 11.9 Å². The highest BCUT2D eigenvalue weighted by Crippen LogP contribution is 2.49. The van der Waals surface area contributed by atoms with Crippen LogP contribution in [-0.2, 0) is 0 Å². The minimum Gasteiger partial charge on any atom is -0.351 e. The SMILES string of the molecule is CC(NC(=O)c1ccno1)C1CC2CCC1C2. The van der Waals surface area contributed by atoms with Gasteiger partial charge in [-0.3, -0.25) is 4.79 Å². The lowest BCUT2D eigenvalue weighted by molar-refractivity contribution is 0.0878. The van der Waals surface area contributed by atoms with Crippen molar-refractivity contribution in [1.29, 1.82) is 0 Å². The third kappa shape index (κ3) is 1.96. The highest BCUT2D eigenvalue weighted by molar-refractivity contribution is 5.91. The first-order chi connectivity index (χ1) is 8.24. The van der Waals surface area contributed by atoms with E-state index in [0.717, 1.165) is 11.8 Å². The first kappa shape index (κ1) is 10.8. The molecule has 4 unspecified atom stereocenters. The van der Waals surface area contributed by atoms with E-state index in [1.807, 2.05) is 0 Å². The zero-order chi connectivity index (χ0) is 11.8. The van der Waals surface area contributed by atoms with Gasteiger partial charge in [-0.1, -0.05) is 11.6 Å². The molecule has 0 spiro atoms. The van der Waals surface area contributed by atoms with Gasteiger partial charge in [0.2, 0.25) is 5.76 Å².